The number of nitrogens with zero attached hydrogens (tertiary/aromatic N) is 2. The van der Waals surface area contributed by atoms with Crippen molar-refractivity contribution in [3.8, 4) is 0 Å². The minimum absolute atomic E-state index is 0.242. The van der Waals surface area contributed by atoms with E-state index in [1.807, 2.05) is 11.7 Å². The van der Waals surface area contributed by atoms with Crippen molar-refractivity contribution in [2.75, 3.05) is 13.7 Å². The van der Waals surface area contributed by atoms with E-state index in [0.717, 1.165) is 42.4 Å². The monoisotopic (exact) mass is 345 g/mol. The normalized spacial score (nSPS) is 14.5. The first-order valence-electron chi connectivity index (χ1n) is 7.55. The number of likely N-dealkylation sites (N-methyl/N-ethyl adjacent to an activating group) is 1. The summed E-state index contributed by atoms with van der Waals surface area (Å²) in [6, 6.07) is 0.321. The van der Waals surface area contributed by atoms with Gasteiger partial charge in [0, 0.05) is 26.6 Å². The number of aryl methyl sites for hydroxylation is 2. The van der Waals surface area contributed by atoms with Gasteiger partial charge in [0.25, 0.3) is 0 Å². The van der Waals surface area contributed by atoms with E-state index in [-0.39, 0.29) is 6.10 Å². The molecule has 0 bridgehead atoms. The van der Waals surface area contributed by atoms with Crippen molar-refractivity contribution < 1.29 is 4.74 Å². The molecule has 0 aliphatic carbocycles. The predicted molar refractivity (Wildman–Crippen MR) is 87.2 cm³/mol. The SMILES string of the molecule is CCCC(OC)C(Cc1c(Br)c(CC)nn1C)NCC. The third-order valence-electron chi connectivity index (χ3n) is 3.71. The first-order chi connectivity index (χ1) is 9.58. The molecule has 20 heavy (non-hydrogen) atoms. The number of aromatic nitrogens is 2. The molecule has 1 aromatic rings. The van der Waals surface area contributed by atoms with Crippen LogP contribution in [-0.4, -0.2) is 35.6 Å². The third kappa shape index (κ3) is 4.30. The Bertz CT molecular complexity index is 406. The van der Waals surface area contributed by atoms with Gasteiger partial charge in [0.05, 0.1) is 22.0 Å². The molecule has 0 amide bonds. The molecule has 2 unspecified atom stereocenters. The van der Waals surface area contributed by atoms with Gasteiger partial charge in [-0.1, -0.05) is 27.2 Å². The van der Waals surface area contributed by atoms with Crippen LogP contribution in [0.1, 0.15) is 45.0 Å². The first kappa shape index (κ1) is 17.7. The molecule has 5 heteroatoms. The molecule has 0 aliphatic rings. The maximum atomic E-state index is 5.68. The fourth-order valence-electron chi connectivity index (χ4n) is 2.61. The lowest BCUT2D eigenvalue weighted by Gasteiger charge is -2.26. The molecule has 0 saturated carbocycles. The Morgan fingerprint density at radius 1 is 1.35 bits per heavy atom. The zero-order valence-corrected chi connectivity index (χ0v) is 15.0. The molecule has 1 N–H and O–H groups in total. The van der Waals surface area contributed by atoms with E-state index < -0.39 is 0 Å². The highest BCUT2D eigenvalue weighted by atomic mass is 79.9. The Labute approximate surface area is 131 Å². The molecule has 0 radical (unpaired) electrons. The van der Waals surface area contributed by atoms with Crippen LogP contribution in [-0.2, 0) is 24.6 Å². The van der Waals surface area contributed by atoms with Gasteiger partial charge in [0.15, 0.2) is 0 Å². The lowest BCUT2D eigenvalue weighted by Crippen LogP contribution is -2.43. The Morgan fingerprint density at radius 2 is 2.05 bits per heavy atom. The Balaban J connectivity index is 2.92. The molecule has 1 rings (SSSR count). The fraction of sp³-hybridized carbons (Fsp3) is 0.800. The molecule has 4 nitrogen and oxygen atoms in total. The van der Waals surface area contributed by atoms with Gasteiger partial charge < -0.3 is 10.1 Å². The van der Waals surface area contributed by atoms with Gasteiger partial charge in [-0.3, -0.25) is 4.68 Å². The minimum atomic E-state index is 0.242. The van der Waals surface area contributed by atoms with Crippen LogP contribution < -0.4 is 5.32 Å². The largest absolute Gasteiger partial charge is 0.380 e. The number of ether oxygens (including phenoxy) is 1. The third-order valence-corrected chi connectivity index (χ3v) is 4.62. The van der Waals surface area contributed by atoms with E-state index in [1.165, 1.54) is 5.69 Å². The van der Waals surface area contributed by atoms with Crippen molar-refractivity contribution >= 4 is 15.9 Å². The van der Waals surface area contributed by atoms with Crippen molar-refractivity contribution in [2.45, 2.75) is 58.6 Å². The molecule has 0 fully saturated rings. The molecule has 1 aromatic heterocycles. The summed E-state index contributed by atoms with van der Waals surface area (Å²) >= 11 is 3.70. The maximum Gasteiger partial charge on any atom is 0.0766 e. The van der Waals surface area contributed by atoms with Crippen LogP contribution in [0.25, 0.3) is 0 Å². The van der Waals surface area contributed by atoms with Crippen molar-refractivity contribution in [1.29, 1.82) is 0 Å². The Kier molecular flexibility index (Phi) is 7.77. The van der Waals surface area contributed by atoms with Crippen molar-refractivity contribution in [1.82, 2.24) is 15.1 Å². The summed E-state index contributed by atoms with van der Waals surface area (Å²) in [6.45, 7) is 7.42. The summed E-state index contributed by atoms with van der Waals surface area (Å²) < 4.78 is 8.82. The van der Waals surface area contributed by atoms with Gasteiger partial charge in [-0.25, -0.2) is 0 Å². The van der Waals surface area contributed by atoms with Crippen LogP contribution in [0, 0.1) is 0 Å². The zero-order valence-electron chi connectivity index (χ0n) is 13.4. The van der Waals surface area contributed by atoms with Gasteiger partial charge in [-0.15, -0.1) is 0 Å². The average molecular weight is 346 g/mol. The van der Waals surface area contributed by atoms with Crippen LogP contribution in [0.5, 0.6) is 0 Å². The first-order valence-corrected chi connectivity index (χ1v) is 8.34. The van der Waals surface area contributed by atoms with Crippen LogP contribution in [0.15, 0.2) is 4.47 Å². The highest BCUT2D eigenvalue weighted by Crippen LogP contribution is 2.24. The molecule has 116 valence electrons. The number of nitrogens with one attached hydrogen (secondary N) is 1. The van der Waals surface area contributed by atoms with Gasteiger partial charge in [0.2, 0.25) is 0 Å². The van der Waals surface area contributed by atoms with E-state index in [1.54, 1.807) is 7.11 Å². The average Bonchev–Trinajstić information content (AvgIpc) is 2.71. The molecule has 0 saturated heterocycles. The van der Waals surface area contributed by atoms with E-state index >= 15 is 0 Å². The van der Waals surface area contributed by atoms with E-state index in [9.17, 15) is 0 Å². The number of halogens is 1. The summed E-state index contributed by atoms with van der Waals surface area (Å²) in [5.74, 6) is 0. The topological polar surface area (TPSA) is 39.1 Å². The molecule has 0 spiro atoms. The van der Waals surface area contributed by atoms with Crippen molar-refractivity contribution in [3.05, 3.63) is 15.9 Å². The van der Waals surface area contributed by atoms with E-state index in [4.69, 9.17) is 4.74 Å². The summed E-state index contributed by atoms with van der Waals surface area (Å²) in [5, 5.41) is 8.14. The second-order valence-electron chi connectivity index (χ2n) is 5.12. The highest BCUT2D eigenvalue weighted by Gasteiger charge is 2.23. The van der Waals surface area contributed by atoms with Gasteiger partial charge in [0.1, 0.15) is 0 Å². The van der Waals surface area contributed by atoms with Crippen molar-refractivity contribution in [2.24, 2.45) is 7.05 Å². The number of hydrogen-bond acceptors (Lipinski definition) is 3. The number of rotatable bonds is 9. The second kappa shape index (κ2) is 8.80. The smallest absolute Gasteiger partial charge is 0.0766 e. The Morgan fingerprint density at radius 3 is 2.50 bits per heavy atom. The van der Waals surface area contributed by atoms with Crippen LogP contribution in [0.4, 0.5) is 0 Å². The maximum absolute atomic E-state index is 5.68. The lowest BCUT2D eigenvalue weighted by atomic mass is 10.0. The standard InChI is InChI=1S/C15H28BrN3O/c1-6-9-14(20-5)12(17-8-3)10-13-15(16)11(7-2)18-19(13)4/h12,14,17H,6-10H2,1-5H3. The van der Waals surface area contributed by atoms with Gasteiger partial charge in [-0.2, -0.15) is 5.10 Å². The second-order valence-corrected chi connectivity index (χ2v) is 5.91. The highest BCUT2D eigenvalue weighted by molar-refractivity contribution is 9.10. The molecular weight excluding hydrogens is 318 g/mol. The summed E-state index contributed by atoms with van der Waals surface area (Å²) in [5.41, 5.74) is 2.37. The molecule has 0 aromatic carbocycles. The molecule has 1 heterocycles. The summed E-state index contributed by atoms with van der Waals surface area (Å²) in [7, 11) is 3.82. The molecule has 0 aliphatic heterocycles. The quantitative estimate of drug-likeness (QED) is 0.747. The van der Waals surface area contributed by atoms with Crippen molar-refractivity contribution in [3.63, 3.8) is 0 Å². The van der Waals surface area contributed by atoms with Crippen LogP contribution in [0.3, 0.4) is 0 Å². The lowest BCUT2D eigenvalue weighted by molar-refractivity contribution is 0.0608. The van der Waals surface area contributed by atoms with Crippen LogP contribution in [0.2, 0.25) is 0 Å². The van der Waals surface area contributed by atoms with Gasteiger partial charge >= 0.3 is 0 Å². The predicted octanol–water partition coefficient (Wildman–Crippen LogP) is 3.08. The fourth-order valence-corrected chi connectivity index (χ4v) is 3.39. The summed E-state index contributed by atoms with van der Waals surface area (Å²) in [6.07, 6.45) is 4.32. The zero-order chi connectivity index (χ0) is 15.1. The number of methoxy groups -OCH3 is 1. The molecule has 2 atom stereocenters. The van der Waals surface area contributed by atoms with E-state index in [0.29, 0.717) is 6.04 Å². The Hall–Kier alpha value is -0.390. The van der Waals surface area contributed by atoms with Gasteiger partial charge in [-0.05, 0) is 35.3 Å². The van der Waals surface area contributed by atoms with E-state index in [2.05, 4.69) is 47.1 Å². The molecular formula is C15H28BrN3O. The number of hydrogen-bond donors (Lipinski definition) is 1. The summed E-state index contributed by atoms with van der Waals surface area (Å²) in [4.78, 5) is 0. The minimum Gasteiger partial charge on any atom is -0.380 e. The van der Waals surface area contributed by atoms with Crippen LogP contribution >= 0.6 is 15.9 Å².